The van der Waals surface area contributed by atoms with Gasteiger partial charge < -0.3 is 14.5 Å². The molecule has 0 radical (unpaired) electrons. The molecule has 1 aliphatic rings. The highest BCUT2D eigenvalue weighted by Crippen LogP contribution is 2.32. The molecule has 1 amide bonds. The topological polar surface area (TPSA) is 75.9 Å². The van der Waals surface area contributed by atoms with Crippen LogP contribution in [0.5, 0.6) is 5.75 Å². The highest BCUT2D eigenvalue weighted by atomic mass is 35.5. The fourth-order valence-electron chi connectivity index (χ4n) is 4.18. The van der Waals surface area contributed by atoms with Crippen LogP contribution in [0.15, 0.2) is 61.1 Å². The molecule has 1 aliphatic heterocycles. The number of hydrogen-bond acceptors (Lipinski definition) is 6. The number of fused-ring (bicyclic) bond motifs is 1. The van der Waals surface area contributed by atoms with Crippen LogP contribution in [-0.2, 0) is 0 Å². The smallest absolute Gasteiger partial charge is 0.254 e. The second kappa shape index (κ2) is 9.07. The minimum Gasteiger partial charge on any atom is -0.497 e. The molecule has 3 heterocycles. The van der Waals surface area contributed by atoms with Gasteiger partial charge in [0.1, 0.15) is 17.9 Å². The average Bonchev–Trinajstić information content (AvgIpc) is 3.20. The summed E-state index contributed by atoms with van der Waals surface area (Å²) < 4.78 is 7.08. The molecule has 2 aromatic carbocycles. The van der Waals surface area contributed by atoms with Crippen molar-refractivity contribution in [3.63, 3.8) is 0 Å². The second-order valence-electron chi connectivity index (χ2n) is 7.84. The van der Waals surface area contributed by atoms with Crippen LogP contribution in [0.3, 0.4) is 0 Å². The molecule has 0 N–H and O–H groups in total. The van der Waals surface area contributed by atoms with Crippen LogP contribution in [0.25, 0.3) is 16.9 Å². The zero-order valence-corrected chi connectivity index (χ0v) is 18.9. The third kappa shape index (κ3) is 4.21. The lowest BCUT2D eigenvalue weighted by atomic mass is 10.1. The Kier molecular flexibility index (Phi) is 5.83. The first kappa shape index (κ1) is 21.2. The molecule has 0 atom stereocenters. The van der Waals surface area contributed by atoms with Crippen LogP contribution in [0.2, 0.25) is 5.02 Å². The van der Waals surface area contributed by atoms with Crippen molar-refractivity contribution in [1.29, 1.82) is 0 Å². The van der Waals surface area contributed by atoms with E-state index in [2.05, 4.69) is 20.0 Å². The van der Waals surface area contributed by atoms with Gasteiger partial charge in [0.15, 0.2) is 0 Å². The van der Waals surface area contributed by atoms with E-state index < -0.39 is 0 Å². The zero-order chi connectivity index (χ0) is 22.8. The number of carbonyl (C=O) groups excluding carboxylic acids is 1. The highest BCUT2D eigenvalue weighted by Gasteiger charge is 2.24. The zero-order valence-electron chi connectivity index (χ0n) is 18.2. The summed E-state index contributed by atoms with van der Waals surface area (Å²) >= 11 is 6.09. The lowest BCUT2D eigenvalue weighted by Crippen LogP contribution is -2.35. The number of hydrogen-bond donors (Lipinski definition) is 0. The van der Waals surface area contributed by atoms with Gasteiger partial charge in [0.2, 0.25) is 0 Å². The number of benzene rings is 2. The van der Waals surface area contributed by atoms with Crippen molar-refractivity contribution in [1.82, 2.24) is 24.5 Å². The van der Waals surface area contributed by atoms with Gasteiger partial charge in [0.05, 0.1) is 7.11 Å². The van der Waals surface area contributed by atoms with Gasteiger partial charge in [-0.3, -0.25) is 4.79 Å². The van der Waals surface area contributed by atoms with Crippen LogP contribution < -0.4 is 9.64 Å². The first-order valence-corrected chi connectivity index (χ1v) is 11.1. The maximum atomic E-state index is 13.1. The van der Waals surface area contributed by atoms with Gasteiger partial charge in [-0.15, -0.1) is 0 Å². The molecule has 4 aromatic rings. The van der Waals surface area contributed by atoms with E-state index in [4.69, 9.17) is 16.3 Å². The summed E-state index contributed by atoms with van der Waals surface area (Å²) in [4.78, 5) is 26.0. The molecule has 9 heteroatoms. The molecule has 0 aliphatic carbocycles. The molecular formula is C24H23ClN6O2. The number of rotatable bonds is 4. The van der Waals surface area contributed by atoms with Gasteiger partial charge in [-0.05, 0) is 42.3 Å². The van der Waals surface area contributed by atoms with E-state index in [-0.39, 0.29) is 5.91 Å². The first-order chi connectivity index (χ1) is 16.1. The quantitative estimate of drug-likeness (QED) is 0.459. The average molecular weight is 463 g/mol. The summed E-state index contributed by atoms with van der Waals surface area (Å²) in [6.45, 7) is 2.70. The van der Waals surface area contributed by atoms with E-state index in [1.807, 2.05) is 35.4 Å². The molecule has 0 bridgehead atoms. The Morgan fingerprint density at radius 1 is 1.03 bits per heavy atom. The van der Waals surface area contributed by atoms with E-state index in [0.717, 1.165) is 35.7 Å². The van der Waals surface area contributed by atoms with Gasteiger partial charge in [-0.2, -0.15) is 14.6 Å². The van der Waals surface area contributed by atoms with Crippen molar-refractivity contribution in [3.05, 3.63) is 71.6 Å². The Labute approximate surface area is 196 Å². The summed E-state index contributed by atoms with van der Waals surface area (Å²) in [6.07, 6.45) is 4.17. The van der Waals surface area contributed by atoms with Crippen LogP contribution in [0.4, 0.5) is 5.82 Å². The van der Waals surface area contributed by atoms with Crippen molar-refractivity contribution >= 4 is 29.1 Å². The Morgan fingerprint density at radius 2 is 1.88 bits per heavy atom. The minimum atomic E-state index is -0.00430. The Bertz CT molecular complexity index is 1290. The van der Waals surface area contributed by atoms with Crippen LogP contribution >= 0.6 is 11.6 Å². The van der Waals surface area contributed by atoms with Gasteiger partial charge in [-0.25, -0.2) is 4.98 Å². The maximum Gasteiger partial charge on any atom is 0.254 e. The summed E-state index contributed by atoms with van der Waals surface area (Å²) in [6, 6.07) is 15.0. The number of nitrogens with zero attached hydrogens (tertiary/aromatic N) is 6. The fourth-order valence-corrected chi connectivity index (χ4v) is 4.37. The largest absolute Gasteiger partial charge is 0.497 e. The Balaban J connectivity index is 1.46. The molecule has 0 unspecified atom stereocenters. The van der Waals surface area contributed by atoms with Crippen molar-refractivity contribution in [2.45, 2.75) is 6.42 Å². The third-order valence-corrected chi connectivity index (χ3v) is 6.07. The van der Waals surface area contributed by atoms with Gasteiger partial charge >= 0.3 is 0 Å². The molecule has 1 saturated heterocycles. The molecule has 2 aromatic heterocycles. The summed E-state index contributed by atoms with van der Waals surface area (Å²) in [5.41, 5.74) is 2.56. The van der Waals surface area contributed by atoms with E-state index in [1.54, 1.807) is 35.9 Å². The van der Waals surface area contributed by atoms with Gasteiger partial charge in [0, 0.05) is 48.5 Å². The van der Waals surface area contributed by atoms with Crippen molar-refractivity contribution in [2.75, 3.05) is 38.2 Å². The Hall–Kier alpha value is -3.65. The molecule has 0 saturated carbocycles. The summed E-state index contributed by atoms with van der Waals surface area (Å²) in [7, 11) is 1.65. The number of amides is 1. The fraction of sp³-hybridized carbons (Fsp3) is 0.250. The van der Waals surface area contributed by atoms with Crippen molar-refractivity contribution in [2.24, 2.45) is 0 Å². The van der Waals surface area contributed by atoms with E-state index in [9.17, 15) is 4.79 Å². The van der Waals surface area contributed by atoms with Crippen LogP contribution in [0, 0.1) is 0 Å². The number of anilines is 1. The monoisotopic (exact) mass is 462 g/mol. The number of aromatic nitrogens is 4. The highest BCUT2D eigenvalue weighted by molar-refractivity contribution is 6.30. The first-order valence-electron chi connectivity index (χ1n) is 10.8. The second-order valence-corrected chi connectivity index (χ2v) is 8.28. The number of methoxy groups -OCH3 is 1. The molecule has 8 nitrogen and oxygen atoms in total. The van der Waals surface area contributed by atoms with Crippen molar-refractivity contribution < 1.29 is 9.53 Å². The minimum absolute atomic E-state index is 0.00430. The molecule has 33 heavy (non-hydrogen) atoms. The third-order valence-electron chi connectivity index (χ3n) is 5.84. The molecule has 5 rings (SSSR count). The summed E-state index contributed by atoms with van der Waals surface area (Å²) in [5, 5.41) is 5.00. The molecule has 0 spiro atoms. The lowest BCUT2D eigenvalue weighted by Gasteiger charge is -2.26. The molecular weight excluding hydrogens is 440 g/mol. The van der Waals surface area contributed by atoms with Gasteiger partial charge in [0.25, 0.3) is 11.7 Å². The van der Waals surface area contributed by atoms with Crippen LogP contribution in [0.1, 0.15) is 16.8 Å². The van der Waals surface area contributed by atoms with E-state index >= 15 is 0 Å². The Morgan fingerprint density at radius 3 is 2.67 bits per heavy atom. The van der Waals surface area contributed by atoms with Crippen molar-refractivity contribution in [3.8, 4) is 16.9 Å². The number of carbonyl (C=O) groups is 1. The van der Waals surface area contributed by atoms with Crippen LogP contribution in [-0.4, -0.2) is 63.7 Å². The number of ether oxygens (including phenoxy) is 1. The maximum absolute atomic E-state index is 13.1. The summed E-state index contributed by atoms with van der Waals surface area (Å²) in [5.74, 6) is 2.24. The van der Waals surface area contributed by atoms with E-state index in [0.29, 0.717) is 36.0 Å². The molecule has 168 valence electrons. The van der Waals surface area contributed by atoms with E-state index in [1.165, 1.54) is 6.33 Å². The van der Waals surface area contributed by atoms with Gasteiger partial charge in [-0.1, -0.05) is 29.8 Å². The number of halogens is 1. The standard InChI is InChI=1S/C24H23ClN6O2/c1-33-20-8-6-17(7-9-20)21-15-26-24-27-16-28-31(24)22(21)29-10-3-11-30(13-12-29)23(32)18-4-2-5-19(25)14-18/h2,4-9,14-16H,3,10-13H2,1H3. The SMILES string of the molecule is COc1ccc(-c2cnc3ncnn3c2N2CCCN(C(=O)c3cccc(Cl)c3)CC2)cc1. The normalized spacial score (nSPS) is 14.4. The molecule has 1 fully saturated rings. The predicted molar refractivity (Wildman–Crippen MR) is 127 cm³/mol. The lowest BCUT2D eigenvalue weighted by molar-refractivity contribution is 0.0767. The predicted octanol–water partition coefficient (Wildman–Crippen LogP) is 3.81.